The third kappa shape index (κ3) is 4.94. The van der Waals surface area contributed by atoms with Gasteiger partial charge in [0.15, 0.2) is 9.84 Å². The van der Waals surface area contributed by atoms with E-state index in [1.807, 2.05) is 24.3 Å². The number of carbonyl (C=O) groups excluding carboxylic acids is 1. The summed E-state index contributed by atoms with van der Waals surface area (Å²) in [5.74, 6) is 0.831. The first-order chi connectivity index (χ1) is 12.9. The second-order valence-corrected chi connectivity index (χ2v) is 8.69. The first-order valence-corrected chi connectivity index (χ1v) is 10.4. The van der Waals surface area contributed by atoms with E-state index in [0.29, 0.717) is 24.4 Å². The number of hydrogen-bond donors (Lipinski definition) is 2. The van der Waals surface area contributed by atoms with Crippen LogP contribution in [0.25, 0.3) is 0 Å². The smallest absolute Gasteiger partial charge is 0.270 e. The van der Waals surface area contributed by atoms with Crippen molar-refractivity contribution < 1.29 is 17.9 Å². The highest BCUT2D eigenvalue weighted by Crippen LogP contribution is 2.18. The van der Waals surface area contributed by atoms with Crippen LogP contribution in [0.1, 0.15) is 28.2 Å². The standard InChI is InChI=1S/C18H22N4O4S/c1-12-9-15(17(23)19-10-13-5-3-4-6-16(13)26-2)22-18(20-12)21-14-7-8-27(24,25)11-14/h3-6,9,14H,7-8,10-11H2,1-2H3,(H,19,23)(H,20,21,22). The average molecular weight is 390 g/mol. The van der Waals surface area contributed by atoms with Crippen LogP contribution in [0.2, 0.25) is 0 Å². The van der Waals surface area contributed by atoms with E-state index < -0.39 is 9.84 Å². The quantitative estimate of drug-likeness (QED) is 0.765. The number of para-hydroxylation sites is 1. The average Bonchev–Trinajstić information content (AvgIpc) is 2.97. The first kappa shape index (κ1) is 19.1. The van der Waals surface area contributed by atoms with Crippen molar-refractivity contribution in [3.8, 4) is 5.75 Å². The highest BCUT2D eigenvalue weighted by Gasteiger charge is 2.28. The lowest BCUT2D eigenvalue weighted by Crippen LogP contribution is -2.26. The molecule has 2 aromatic rings. The summed E-state index contributed by atoms with van der Waals surface area (Å²) in [4.78, 5) is 21.0. The maximum Gasteiger partial charge on any atom is 0.270 e. The second-order valence-electron chi connectivity index (χ2n) is 6.46. The largest absolute Gasteiger partial charge is 0.496 e. The van der Waals surface area contributed by atoms with E-state index in [0.717, 1.165) is 5.56 Å². The van der Waals surface area contributed by atoms with Crippen LogP contribution in [-0.2, 0) is 16.4 Å². The van der Waals surface area contributed by atoms with Crippen LogP contribution in [-0.4, -0.2) is 49.0 Å². The number of aryl methyl sites for hydroxylation is 1. The molecule has 0 saturated carbocycles. The fraction of sp³-hybridized carbons (Fsp3) is 0.389. The summed E-state index contributed by atoms with van der Waals surface area (Å²) >= 11 is 0. The lowest BCUT2D eigenvalue weighted by molar-refractivity contribution is 0.0945. The Labute approximate surface area is 158 Å². The van der Waals surface area contributed by atoms with E-state index in [1.54, 1.807) is 20.1 Å². The molecule has 1 aliphatic rings. The van der Waals surface area contributed by atoms with Gasteiger partial charge in [0.05, 0.1) is 18.6 Å². The van der Waals surface area contributed by atoms with Crippen molar-refractivity contribution in [2.24, 2.45) is 0 Å². The lowest BCUT2D eigenvalue weighted by Gasteiger charge is -2.13. The molecule has 3 rings (SSSR count). The molecule has 1 aromatic heterocycles. The number of amides is 1. The Morgan fingerprint density at radius 1 is 1.30 bits per heavy atom. The Balaban J connectivity index is 1.69. The van der Waals surface area contributed by atoms with Gasteiger partial charge in [-0.1, -0.05) is 18.2 Å². The molecule has 1 aromatic carbocycles. The lowest BCUT2D eigenvalue weighted by atomic mass is 10.2. The monoisotopic (exact) mass is 390 g/mol. The van der Waals surface area contributed by atoms with Gasteiger partial charge in [-0.3, -0.25) is 4.79 Å². The molecule has 1 saturated heterocycles. The molecule has 2 heterocycles. The van der Waals surface area contributed by atoms with Crippen molar-refractivity contribution in [2.45, 2.75) is 25.9 Å². The van der Waals surface area contributed by atoms with Crippen LogP contribution in [0, 0.1) is 6.92 Å². The maximum absolute atomic E-state index is 12.5. The van der Waals surface area contributed by atoms with Crippen LogP contribution in [0.5, 0.6) is 5.75 Å². The molecule has 9 heteroatoms. The zero-order valence-electron chi connectivity index (χ0n) is 15.2. The highest BCUT2D eigenvalue weighted by molar-refractivity contribution is 7.91. The second kappa shape index (κ2) is 7.91. The number of nitrogens with zero attached hydrogens (tertiary/aromatic N) is 2. The maximum atomic E-state index is 12.5. The van der Waals surface area contributed by atoms with Gasteiger partial charge in [-0.25, -0.2) is 18.4 Å². The first-order valence-electron chi connectivity index (χ1n) is 8.59. The van der Waals surface area contributed by atoms with Gasteiger partial charge in [-0.15, -0.1) is 0 Å². The molecule has 0 spiro atoms. The summed E-state index contributed by atoms with van der Waals surface area (Å²) in [6.45, 7) is 2.06. The zero-order valence-corrected chi connectivity index (χ0v) is 16.0. The summed E-state index contributed by atoms with van der Waals surface area (Å²) < 4.78 is 28.5. The predicted octanol–water partition coefficient (Wildman–Crippen LogP) is 1.32. The summed E-state index contributed by atoms with van der Waals surface area (Å²) in [7, 11) is -1.43. The normalized spacial score (nSPS) is 18.1. The number of aromatic nitrogens is 2. The molecule has 0 aliphatic carbocycles. The molecule has 1 amide bonds. The minimum absolute atomic E-state index is 0.0552. The van der Waals surface area contributed by atoms with E-state index in [2.05, 4.69) is 20.6 Å². The van der Waals surface area contributed by atoms with Gasteiger partial charge in [0.25, 0.3) is 5.91 Å². The van der Waals surface area contributed by atoms with Crippen LogP contribution in [0.3, 0.4) is 0 Å². The van der Waals surface area contributed by atoms with Gasteiger partial charge in [0, 0.05) is 23.8 Å². The van der Waals surface area contributed by atoms with Crippen LogP contribution >= 0.6 is 0 Å². The number of rotatable bonds is 6. The van der Waals surface area contributed by atoms with Crippen molar-refractivity contribution in [1.82, 2.24) is 15.3 Å². The molecule has 1 aliphatic heterocycles. The Bertz CT molecular complexity index is 946. The fourth-order valence-electron chi connectivity index (χ4n) is 2.96. The number of benzene rings is 1. The van der Waals surface area contributed by atoms with Crippen molar-refractivity contribution in [3.05, 3.63) is 47.3 Å². The van der Waals surface area contributed by atoms with E-state index in [1.165, 1.54) is 0 Å². The number of methoxy groups -OCH3 is 1. The number of sulfone groups is 1. The molecular weight excluding hydrogens is 368 g/mol. The SMILES string of the molecule is COc1ccccc1CNC(=O)c1cc(C)nc(NC2CCS(=O)(=O)C2)n1. The summed E-state index contributed by atoms with van der Waals surface area (Å²) in [5, 5.41) is 5.84. The third-order valence-electron chi connectivity index (χ3n) is 4.28. The number of hydrogen-bond acceptors (Lipinski definition) is 7. The number of carbonyl (C=O) groups is 1. The van der Waals surface area contributed by atoms with Gasteiger partial charge in [-0.2, -0.15) is 0 Å². The van der Waals surface area contributed by atoms with E-state index in [4.69, 9.17) is 4.74 Å². The Morgan fingerprint density at radius 2 is 2.07 bits per heavy atom. The van der Waals surface area contributed by atoms with Crippen LogP contribution in [0.15, 0.2) is 30.3 Å². The fourth-order valence-corrected chi connectivity index (χ4v) is 4.63. The number of nitrogens with one attached hydrogen (secondary N) is 2. The third-order valence-corrected chi connectivity index (χ3v) is 6.05. The van der Waals surface area contributed by atoms with Crippen LogP contribution in [0.4, 0.5) is 5.95 Å². The van der Waals surface area contributed by atoms with Gasteiger partial charge >= 0.3 is 0 Å². The van der Waals surface area contributed by atoms with Crippen molar-refractivity contribution in [1.29, 1.82) is 0 Å². The van der Waals surface area contributed by atoms with Crippen molar-refractivity contribution >= 4 is 21.7 Å². The summed E-state index contributed by atoms with van der Waals surface area (Å²) in [6.07, 6.45) is 0.509. The Hall–Kier alpha value is -2.68. The molecule has 2 N–H and O–H groups in total. The molecule has 1 fully saturated rings. The minimum atomic E-state index is -3.01. The Morgan fingerprint density at radius 3 is 2.78 bits per heavy atom. The molecule has 0 radical (unpaired) electrons. The van der Waals surface area contributed by atoms with E-state index in [9.17, 15) is 13.2 Å². The van der Waals surface area contributed by atoms with Gasteiger partial charge < -0.3 is 15.4 Å². The van der Waals surface area contributed by atoms with Gasteiger partial charge in [-0.05, 0) is 25.5 Å². The molecule has 1 atom stereocenters. The van der Waals surface area contributed by atoms with Crippen molar-refractivity contribution in [2.75, 3.05) is 23.9 Å². The van der Waals surface area contributed by atoms with E-state index in [-0.39, 0.29) is 35.1 Å². The van der Waals surface area contributed by atoms with Gasteiger partial charge in [0.1, 0.15) is 11.4 Å². The minimum Gasteiger partial charge on any atom is -0.496 e. The Kier molecular flexibility index (Phi) is 5.59. The molecule has 1 unspecified atom stereocenters. The van der Waals surface area contributed by atoms with Crippen LogP contribution < -0.4 is 15.4 Å². The molecular formula is C18H22N4O4S. The summed E-state index contributed by atoms with van der Waals surface area (Å²) in [6, 6.07) is 8.79. The molecule has 144 valence electrons. The molecule has 0 bridgehead atoms. The zero-order chi connectivity index (χ0) is 19.4. The van der Waals surface area contributed by atoms with E-state index >= 15 is 0 Å². The molecule has 8 nitrogen and oxygen atoms in total. The number of anilines is 1. The van der Waals surface area contributed by atoms with Gasteiger partial charge in [0.2, 0.25) is 5.95 Å². The number of ether oxygens (including phenoxy) is 1. The molecule has 27 heavy (non-hydrogen) atoms. The predicted molar refractivity (Wildman–Crippen MR) is 102 cm³/mol. The topological polar surface area (TPSA) is 110 Å². The summed E-state index contributed by atoms with van der Waals surface area (Å²) in [5.41, 5.74) is 1.70. The van der Waals surface area contributed by atoms with Crippen molar-refractivity contribution in [3.63, 3.8) is 0 Å². The highest BCUT2D eigenvalue weighted by atomic mass is 32.2.